The number of aromatic nitrogens is 2. The van der Waals surface area contributed by atoms with Crippen LogP contribution in [-0.2, 0) is 17.9 Å². The Morgan fingerprint density at radius 1 is 0.943 bits per heavy atom. The summed E-state index contributed by atoms with van der Waals surface area (Å²) in [5.41, 5.74) is 4.91. The molecule has 1 fully saturated rings. The number of hydrogen-bond donors (Lipinski definition) is 1. The first-order chi connectivity index (χ1) is 17.1. The van der Waals surface area contributed by atoms with Crippen molar-refractivity contribution in [2.24, 2.45) is 5.92 Å². The summed E-state index contributed by atoms with van der Waals surface area (Å²) in [7, 11) is 0. The van der Waals surface area contributed by atoms with Crippen LogP contribution in [0.3, 0.4) is 0 Å². The highest BCUT2D eigenvalue weighted by Crippen LogP contribution is 2.22. The summed E-state index contributed by atoms with van der Waals surface area (Å²) in [4.78, 5) is 33.1. The highest BCUT2D eigenvalue weighted by molar-refractivity contribution is 5.79. The van der Waals surface area contributed by atoms with E-state index in [1.807, 2.05) is 76.2 Å². The van der Waals surface area contributed by atoms with Gasteiger partial charge in [0.2, 0.25) is 5.91 Å². The number of carbonyl (C=O) groups excluding carboxylic acids is 1. The van der Waals surface area contributed by atoms with E-state index in [1.165, 1.54) is 5.56 Å². The van der Waals surface area contributed by atoms with Gasteiger partial charge < -0.3 is 10.2 Å². The second kappa shape index (κ2) is 10.1. The first-order valence-corrected chi connectivity index (χ1v) is 12.2. The first-order valence-electron chi connectivity index (χ1n) is 12.2. The summed E-state index contributed by atoms with van der Waals surface area (Å²) in [5.74, 6) is 0.500. The number of benzene rings is 3. The number of anilines is 1. The Balaban J connectivity index is 1.31. The van der Waals surface area contributed by atoms with Crippen molar-refractivity contribution in [3.63, 3.8) is 0 Å². The van der Waals surface area contributed by atoms with Crippen molar-refractivity contribution in [2.45, 2.75) is 32.9 Å². The van der Waals surface area contributed by atoms with Gasteiger partial charge in [-0.05, 0) is 43.0 Å². The van der Waals surface area contributed by atoms with Crippen molar-refractivity contribution in [3.05, 3.63) is 106 Å². The molecule has 2 heterocycles. The molecule has 0 unspecified atom stereocenters. The summed E-state index contributed by atoms with van der Waals surface area (Å²) < 4.78 is 1.81. The summed E-state index contributed by atoms with van der Waals surface area (Å²) >= 11 is 0. The van der Waals surface area contributed by atoms with Gasteiger partial charge in [-0.2, -0.15) is 0 Å². The molecule has 178 valence electrons. The molecule has 0 atom stereocenters. The molecule has 0 radical (unpaired) electrons. The van der Waals surface area contributed by atoms with Gasteiger partial charge in [-0.3, -0.25) is 14.2 Å². The molecule has 1 aliphatic rings. The molecule has 0 saturated carbocycles. The normalized spacial score (nSPS) is 14.3. The molecule has 4 aromatic rings. The zero-order valence-corrected chi connectivity index (χ0v) is 20.0. The predicted octanol–water partition coefficient (Wildman–Crippen LogP) is 4.29. The third-order valence-corrected chi connectivity index (χ3v) is 6.73. The van der Waals surface area contributed by atoms with Crippen molar-refractivity contribution < 1.29 is 4.79 Å². The number of aryl methyl sites for hydroxylation is 1. The highest BCUT2D eigenvalue weighted by atomic mass is 16.2. The number of piperidine rings is 1. The predicted molar refractivity (Wildman–Crippen MR) is 140 cm³/mol. The fourth-order valence-corrected chi connectivity index (χ4v) is 4.82. The van der Waals surface area contributed by atoms with Crippen LogP contribution < -0.4 is 15.8 Å². The molecule has 3 aromatic carbocycles. The van der Waals surface area contributed by atoms with Crippen LogP contribution in [0.2, 0.25) is 0 Å². The molecule has 0 spiro atoms. The molecule has 1 saturated heterocycles. The van der Waals surface area contributed by atoms with Gasteiger partial charge in [0.15, 0.2) is 5.82 Å². The van der Waals surface area contributed by atoms with E-state index < -0.39 is 0 Å². The van der Waals surface area contributed by atoms with Crippen LogP contribution in [-0.4, -0.2) is 28.5 Å². The largest absolute Gasteiger partial charge is 0.352 e. The van der Waals surface area contributed by atoms with Crippen LogP contribution in [0.25, 0.3) is 11.0 Å². The molecular weight excluding hydrogens is 436 g/mol. The Morgan fingerprint density at radius 3 is 2.43 bits per heavy atom. The van der Waals surface area contributed by atoms with Crippen LogP contribution >= 0.6 is 0 Å². The zero-order chi connectivity index (χ0) is 24.2. The van der Waals surface area contributed by atoms with Gasteiger partial charge >= 0.3 is 0 Å². The summed E-state index contributed by atoms with van der Waals surface area (Å²) in [5, 5.41) is 3.08. The maximum absolute atomic E-state index is 13.6. The number of hydrogen-bond acceptors (Lipinski definition) is 4. The molecule has 6 nitrogen and oxygen atoms in total. The second-order valence-corrected chi connectivity index (χ2v) is 9.27. The molecule has 1 amide bonds. The van der Waals surface area contributed by atoms with Gasteiger partial charge in [-0.25, -0.2) is 4.98 Å². The van der Waals surface area contributed by atoms with Gasteiger partial charge in [-0.1, -0.05) is 72.3 Å². The average molecular weight is 467 g/mol. The molecule has 0 bridgehead atoms. The second-order valence-electron chi connectivity index (χ2n) is 9.27. The third kappa shape index (κ3) is 5.11. The maximum Gasteiger partial charge on any atom is 0.294 e. The topological polar surface area (TPSA) is 67.2 Å². The SMILES string of the molecule is Cc1cccc(CNC(=O)C2CCN(c3nc4ccccc4n(Cc4ccccc4)c3=O)CC2)c1. The Hall–Kier alpha value is -3.93. The fraction of sp³-hybridized carbons (Fsp3) is 0.276. The van der Waals surface area contributed by atoms with Crippen LogP contribution in [0.15, 0.2) is 83.7 Å². The minimum absolute atomic E-state index is 0.0527. The number of carbonyl (C=O) groups is 1. The fourth-order valence-electron chi connectivity index (χ4n) is 4.82. The Morgan fingerprint density at radius 2 is 1.66 bits per heavy atom. The van der Waals surface area contributed by atoms with Crippen LogP contribution in [0, 0.1) is 12.8 Å². The Labute approximate surface area is 205 Å². The molecule has 6 heteroatoms. The van der Waals surface area contributed by atoms with E-state index in [0.717, 1.165) is 22.2 Å². The van der Waals surface area contributed by atoms with E-state index in [-0.39, 0.29) is 17.4 Å². The minimum atomic E-state index is -0.0881. The third-order valence-electron chi connectivity index (χ3n) is 6.73. The van der Waals surface area contributed by atoms with Crippen LogP contribution in [0.5, 0.6) is 0 Å². The van der Waals surface area contributed by atoms with Crippen molar-refractivity contribution >= 4 is 22.8 Å². The molecule has 1 aromatic heterocycles. The van der Waals surface area contributed by atoms with Crippen LogP contribution in [0.1, 0.15) is 29.5 Å². The van der Waals surface area contributed by atoms with Gasteiger partial charge in [0, 0.05) is 25.6 Å². The molecule has 5 rings (SSSR count). The number of para-hydroxylation sites is 2. The lowest BCUT2D eigenvalue weighted by Gasteiger charge is -2.32. The Kier molecular flexibility index (Phi) is 6.62. The molecule has 1 aliphatic heterocycles. The molecular formula is C29H30N4O2. The molecule has 35 heavy (non-hydrogen) atoms. The van der Waals surface area contributed by atoms with E-state index in [4.69, 9.17) is 4.98 Å². The van der Waals surface area contributed by atoms with E-state index in [1.54, 1.807) is 0 Å². The van der Waals surface area contributed by atoms with Gasteiger partial charge in [0.05, 0.1) is 17.6 Å². The lowest BCUT2D eigenvalue weighted by atomic mass is 9.95. The van der Waals surface area contributed by atoms with Crippen LogP contribution in [0.4, 0.5) is 5.82 Å². The van der Waals surface area contributed by atoms with Gasteiger partial charge in [0.1, 0.15) is 0 Å². The smallest absolute Gasteiger partial charge is 0.294 e. The summed E-state index contributed by atoms with van der Waals surface area (Å²) in [6.45, 7) is 4.35. The van der Waals surface area contributed by atoms with Crippen molar-refractivity contribution in [1.82, 2.24) is 14.9 Å². The van der Waals surface area contributed by atoms with Gasteiger partial charge in [0.25, 0.3) is 5.56 Å². The number of amides is 1. The maximum atomic E-state index is 13.6. The average Bonchev–Trinajstić information content (AvgIpc) is 2.89. The lowest BCUT2D eigenvalue weighted by Crippen LogP contribution is -2.43. The molecule has 1 N–H and O–H groups in total. The zero-order valence-electron chi connectivity index (χ0n) is 20.0. The van der Waals surface area contributed by atoms with E-state index in [2.05, 4.69) is 24.4 Å². The van der Waals surface area contributed by atoms with E-state index in [9.17, 15) is 9.59 Å². The van der Waals surface area contributed by atoms with Crippen molar-refractivity contribution in [2.75, 3.05) is 18.0 Å². The van der Waals surface area contributed by atoms with Gasteiger partial charge in [-0.15, -0.1) is 0 Å². The summed E-state index contributed by atoms with van der Waals surface area (Å²) in [6, 6.07) is 26.0. The minimum Gasteiger partial charge on any atom is -0.352 e. The first kappa shape index (κ1) is 22.8. The molecule has 0 aliphatic carbocycles. The highest BCUT2D eigenvalue weighted by Gasteiger charge is 2.27. The quantitative estimate of drug-likeness (QED) is 0.461. The monoisotopic (exact) mass is 466 g/mol. The number of fused-ring (bicyclic) bond motifs is 1. The number of nitrogens with zero attached hydrogens (tertiary/aromatic N) is 3. The standard InChI is InChI=1S/C29H30N4O2/c1-21-8-7-11-23(18-21)19-30-28(34)24-14-16-32(17-15-24)27-29(35)33(20-22-9-3-2-4-10-22)26-13-6-5-12-25(26)31-27/h2-13,18,24H,14-17,19-20H2,1H3,(H,30,34). The summed E-state index contributed by atoms with van der Waals surface area (Å²) in [6.07, 6.45) is 1.40. The lowest BCUT2D eigenvalue weighted by molar-refractivity contribution is -0.125. The van der Waals surface area contributed by atoms with Crippen molar-refractivity contribution in [1.29, 1.82) is 0 Å². The van der Waals surface area contributed by atoms with E-state index in [0.29, 0.717) is 44.8 Å². The Bertz CT molecular complexity index is 1390. The number of rotatable bonds is 6. The van der Waals surface area contributed by atoms with Crippen molar-refractivity contribution in [3.8, 4) is 0 Å². The van der Waals surface area contributed by atoms with E-state index >= 15 is 0 Å². The number of nitrogens with one attached hydrogen (secondary N) is 1.